The molecule has 2 N–H and O–H groups in total. The first-order valence-electron chi connectivity index (χ1n) is 14.4. The molecular formula is C32H45N5O3. The molecule has 1 fully saturated rings. The van der Waals surface area contributed by atoms with E-state index in [1.165, 1.54) is 5.56 Å². The van der Waals surface area contributed by atoms with Crippen LogP contribution in [0, 0.1) is 18.3 Å². The maximum Gasteiger partial charge on any atom is 0.410 e. The molecule has 2 aliphatic heterocycles. The van der Waals surface area contributed by atoms with Crippen molar-refractivity contribution in [2.24, 2.45) is 16.4 Å². The molecule has 0 spiro atoms. The third-order valence-electron chi connectivity index (χ3n) is 7.41. The summed E-state index contributed by atoms with van der Waals surface area (Å²) in [6.45, 7) is 15.5. The van der Waals surface area contributed by atoms with Gasteiger partial charge in [-0.1, -0.05) is 56.7 Å². The van der Waals surface area contributed by atoms with Crippen LogP contribution in [-0.4, -0.2) is 47.6 Å². The molecule has 0 saturated carbocycles. The summed E-state index contributed by atoms with van der Waals surface area (Å²) in [6, 6.07) is 15.9. The first kappa shape index (κ1) is 29.4. The van der Waals surface area contributed by atoms with Crippen molar-refractivity contribution in [3.63, 3.8) is 0 Å². The Balaban J connectivity index is 1.38. The van der Waals surface area contributed by atoms with Crippen LogP contribution < -0.4 is 15.6 Å². The fourth-order valence-electron chi connectivity index (χ4n) is 5.10. The van der Waals surface area contributed by atoms with Gasteiger partial charge in [-0.15, -0.1) is 0 Å². The SMILES string of the molecule is Cc1ccc(N2N=C(C(C)(C)C)CC2NC(=O)Nc2ccccc2CC2CCN(C(=O)OC(C)(C)C)CC2)cc1. The Morgan fingerprint density at radius 1 is 0.975 bits per heavy atom. The molecule has 1 unspecified atom stereocenters. The number of amides is 3. The van der Waals surface area contributed by atoms with E-state index in [2.05, 4.69) is 56.5 Å². The molecule has 0 aromatic heterocycles. The molecule has 2 aromatic carbocycles. The molecule has 2 heterocycles. The van der Waals surface area contributed by atoms with Gasteiger partial charge in [-0.3, -0.25) is 0 Å². The standard InChI is InChI=1S/C32H45N5O3/c1-22-12-14-25(15-13-22)37-28(21-27(35-37)31(2,3)4)34-29(38)33-26-11-9-8-10-24(26)20-23-16-18-36(19-17-23)30(39)40-32(5,6)7/h8-15,23,28H,16-21H2,1-7H3,(H2,33,34,38). The molecule has 1 saturated heterocycles. The van der Waals surface area contributed by atoms with Crippen molar-refractivity contribution < 1.29 is 14.3 Å². The molecule has 4 rings (SSSR count). The fourth-order valence-corrected chi connectivity index (χ4v) is 5.10. The fraction of sp³-hybridized carbons (Fsp3) is 0.531. The average Bonchev–Trinajstić information content (AvgIpc) is 3.29. The molecule has 1 atom stereocenters. The molecule has 40 heavy (non-hydrogen) atoms. The third kappa shape index (κ3) is 7.77. The van der Waals surface area contributed by atoms with Crippen molar-refractivity contribution in [3.8, 4) is 0 Å². The van der Waals surface area contributed by atoms with Gasteiger partial charge in [-0.25, -0.2) is 14.6 Å². The van der Waals surface area contributed by atoms with Crippen molar-refractivity contribution >= 4 is 29.2 Å². The molecule has 8 heteroatoms. The Kier molecular flexibility index (Phi) is 8.76. The van der Waals surface area contributed by atoms with E-state index in [4.69, 9.17) is 9.84 Å². The van der Waals surface area contributed by atoms with Gasteiger partial charge in [0, 0.05) is 36.3 Å². The van der Waals surface area contributed by atoms with Gasteiger partial charge >= 0.3 is 12.1 Å². The predicted molar refractivity (Wildman–Crippen MR) is 162 cm³/mol. The molecule has 3 amide bonds. The molecule has 2 aliphatic rings. The zero-order chi connectivity index (χ0) is 29.1. The van der Waals surface area contributed by atoms with E-state index in [1.807, 2.05) is 56.1 Å². The lowest BCUT2D eigenvalue weighted by Crippen LogP contribution is -2.46. The highest BCUT2D eigenvalue weighted by molar-refractivity contribution is 5.95. The number of hydrogen-bond acceptors (Lipinski definition) is 5. The van der Waals surface area contributed by atoms with Crippen LogP contribution in [0.15, 0.2) is 53.6 Å². The van der Waals surface area contributed by atoms with E-state index in [1.54, 1.807) is 4.90 Å². The van der Waals surface area contributed by atoms with Gasteiger partial charge in [-0.05, 0) is 76.6 Å². The van der Waals surface area contributed by atoms with Crippen LogP contribution in [0.25, 0.3) is 0 Å². The Morgan fingerprint density at radius 3 is 2.25 bits per heavy atom. The van der Waals surface area contributed by atoms with Crippen molar-refractivity contribution in [1.82, 2.24) is 10.2 Å². The number of nitrogens with zero attached hydrogens (tertiary/aromatic N) is 3. The topological polar surface area (TPSA) is 86.3 Å². The summed E-state index contributed by atoms with van der Waals surface area (Å²) < 4.78 is 5.54. The molecule has 216 valence electrons. The first-order valence-corrected chi connectivity index (χ1v) is 14.4. The maximum atomic E-state index is 13.3. The van der Waals surface area contributed by atoms with E-state index in [-0.39, 0.29) is 23.7 Å². The lowest BCUT2D eigenvalue weighted by Gasteiger charge is -2.33. The van der Waals surface area contributed by atoms with Crippen LogP contribution in [0.4, 0.5) is 21.0 Å². The van der Waals surface area contributed by atoms with Crippen LogP contribution in [0.1, 0.15) is 71.9 Å². The maximum absolute atomic E-state index is 13.3. The monoisotopic (exact) mass is 547 g/mol. The summed E-state index contributed by atoms with van der Waals surface area (Å²) in [6.07, 6.45) is 2.79. The van der Waals surface area contributed by atoms with Crippen molar-refractivity contribution in [2.75, 3.05) is 23.4 Å². The Bertz CT molecular complexity index is 1220. The van der Waals surface area contributed by atoms with Crippen molar-refractivity contribution in [1.29, 1.82) is 0 Å². The van der Waals surface area contributed by atoms with Gasteiger partial charge in [0.25, 0.3) is 0 Å². The summed E-state index contributed by atoms with van der Waals surface area (Å²) in [5, 5.41) is 13.1. The van der Waals surface area contributed by atoms with Crippen LogP contribution in [0.2, 0.25) is 0 Å². The minimum absolute atomic E-state index is 0.0957. The quantitative estimate of drug-likeness (QED) is 0.424. The van der Waals surface area contributed by atoms with Crippen LogP contribution >= 0.6 is 0 Å². The number of likely N-dealkylation sites (tertiary alicyclic amines) is 1. The minimum Gasteiger partial charge on any atom is -0.444 e. The normalized spacial score (nSPS) is 18.4. The number of hydrogen-bond donors (Lipinski definition) is 2. The second kappa shape index (κ2) is 11.9. The van der Waals surface area contributed by atoms with E-state index in [0.29, 0.717) is 25.4 Å². The Labute approximate surface area is 239 Å². The number of nitrogens with one attached hydrogen (secondary N) is 2. The molecule has 2 aromatic rings. The van der Waals surface area contributed by atoms with E-state index < -0.39 is 5.60 Å². The minimum atomic E-state index is -0.491. The van der Waals surface area contributed by atoms with Gasteiger partial charge in [0.2, 0.25) is 0 Å². The zero-order valence-corrected chi connectivity index (χ0v) is 25.1. The van der Waals surface area contributed by atoms with Gasteiger partial charge in [0.15, 0.2) is 0 Å². The molecule has 0 aliphatic carbocycles. The zero-order valence-electron chi connectivity index (χ0n) is 25.1. The highest BCUT2D eigenvalue weighted by Crippen LogP contribution is 2.31. The largest absolute Gasteiger partial charge is 0.444 e. The summed E-state index contributed by atoms with van der Waals surface area (Å²) >= 11 is 0. The van der Waals surface area contributed by atoms with Gasteiger partial charge in [0.05, 0.1) is 5.69 Å². The number of para-hydroxylation sites is 1. The number of urea groups is 1. The Hall–Kier alpha value is -3.55. The second-order valence-electron chi connectivity index (χ2n) is 13.1. The number of carbonyl (C=O) groups excluding carboxylic acids is 2. The number of aryl methyl sites for hydroxylation is 1. The summed E-state index contributed by atoms with van der Waals surface area (Å²) in [5.74, 6) is 0.430. The summed E-state index contributed by atoms with van der Waals surface area (Å²) in [5.41, 5.74) is 4.51. The molecule has 0 bridgehead atoms. The van der Waals surface area contributed by atoms with Crippen LogP contribution in [0.5, 0.6) is 0 Å². The molecule has 8 nitrogen and oxygen atoms in total. The lowest BCUT2D eigenvalue weighted by molar-refractivity contribution is 0.0184. The number of hydrazone groups is 1. The molecular weight excluding hydrogens is 502 g/mol. The number of piperidine rings is 1. The molecule has 0 radical (unpaired) electrons. The highest BCUT2D eigenvalue weighted by Gasteiger charge is 2.34. The lowest BCUT2D eigenvalue weighted by atomic mass is 9.88. The second-order valence-corrected chi connectivity index (χ2v) is 13.1. The number of ether oxygens (including phenoxy) is 1. The average molecular weight is 548 g/mol. The number of anilines is 2. The summed E-state index contributed by atoms with van der Waals surface area (Å²) in [4.78, 5) is 27.5. The van der Waals surface area contributed by atoms with Crippen molar-refractivity contribution in [2.45, 2.75) is 85.9 Å². The van der Waals surface area contributed by atoms with Crippen molar-refractivity contribution in [3.05, 3.63) is 59.7 Å². The number of carbonyl (C=O) groups is 2. The smallest absolute Gasteiger partial charge is 0.410 e. The van der Waals surface area contributed by atoms with Crippen LogP contribution in [0.3, 0.4) is 0 Å². The first-order chi connectivity index (χ1) is 18.8. The van der Waals surface area contributed by atoms with Crippen LogP contribution in [-0.2, 0) is 11.2 Å². The van der Waals surface area contributed by atoms with Gasteiger partial charge < -0.3 is 20.3 Å². The number of rotatable bonds is 5. The predicted octanol–water partition coefficient (Wildman–Crippen LogP) is 6.94. The van der Waals surface area contributed by atoms with E-state index in [0.717, 1.165) is 41.9 Å². The van der Waals surface area contributed by atoms with Gasteiger partial charge in [-0.2, -0.15) is 5.10 Å². The summed E-state index contributed by atoms with van der Waals surface area (Å²) in [7, 11) is 0. The van der Waals surface area contributed by atoms with E-state index >= 15 is 0 Å². The van der Waals surface area contributed by atoms with Gasteiger partial charge in [0.1, 0.15) is 11.8 Å². The Morgan fingerprint density at radius 2 is 1.62 bits per heavy atom. The third-order valence-corrected chi connectivity index (χ3v) is 7.41. The highest BCUT2D eigenvalue weighted by atomic mass is 16.6. The van der Waals surface area contributed by atoms with E-state index in [9.17, 15) is 9.59 Å². The number of benzene rings is 2.